The molecule has 0 bridgehead atoms. The van der Waals surface area contributed by atoms with Crippen LogP contribution in [-0.4, -0.2) is 78.6 Å². The molecule has 158 valence electrons. The summed E-state index contributed by atoms with van der Waals surface area (Å²) in [5.41, 5.74) is 0. The molecule has 4 heteroatoms. The van der Waals surface area contributed by atoms with Crippen molar-refractivity contribution in [3.05, 3.63) is 0 Å². The van der Waals surface area contributed by atoms with Crippen LogP contribution in [0, 0.1) is 0 Å². The van der Waals surface area contributed by atoms with E-state index in [0.717, 1.165) is 10.2 Å². The van der Waals surface area contributed by atoms with E-state index in [0.29, 0.717) is 6.04 Å². The molecule has 0 aromatic carbocycles. The van der Waals surface area contributed by atoms with E-state index < -0.39 is 0 Å². The van der Waals surface area contributed by atoms with Crippen LogP contribution in [0.1, 0.15) is 90.4 Å². The molecule has 0 saturated carbocycles. The summed E-state index contributed by atoms with van der Waals surface area (Å²) in [5.74, 6) is 0. The van der Waals surface area contributed by atoms with Crippen molar-refractivity contribution in [2.24, 2.45) is 0 Å². The Bertz CT molecular complexity index is 311. The van der Waals surface area contributed by atoms with E-state index in [1.165, 1.54) is 83.5 Å². The summed E-state index contributed by atoms with van der Waals surface area (Å²) < 4.78 is 0. The number of hydrogen-bond acceptors (Lipinski definition) is 3. The molecule has 0 amide bonds. The van der Waals surface area contributed by atoms with Gasteiger partial charge in [0.1, 0.15) is 0 Å². The lowest BCUT2D eigenvalue weighted by atomic mass is 10.0. The lowest BCUT2D eigenvalue weighted by Crippen LogP contribution is -2.66. The van der Waals surface area contributed by atoms with Gasteiger partial charge in [0.05, 0.1) is 5.29 Å². The molecule has 0 heterocycles. The van der Waals surface area contributed by atoms with Crippen LogP contribution >= 0.6 is 0 Å². The first kappa shape index (κ1) is 26.1. The van der Waals surface area contributed by atoms with Crippen LogP contribution in [0.25, 0.3) is 0 Å². The van der Waals surface area contributed by atoms with Crippen molar-refractivity contribution in [3.8, 4) is 0 Å². The van der Waals surface area contributed by atoms with Gasteiger partial charge in [0.2, 0.25) is 0 Å². The summed E-state index contributed by atoms with van der Waals surface area (Å²) in [4.78, 5) is 7.32. The third-order valence-corrected chi connectivity index (χ3v) is 8.85. The quantitative estimate of drug-likeness (QED) is 0.211. The zero-order chi connectivity index (χ0) is 20.0. The van der Waals surface area contributed by atoms with Gasteiger partial charge in [-0.05, 0) is 48.7 Å². The van der Waals surface area contributed by atoms with Gasteiger partial charge in [0, 0.05) is 16.3 Å². The Labute approximate surface area is 169 Å². The molecule has 0 N–H and O–H groups in total. The van der Waals surface area contributed by atoms with Crippen LogP contribution < -0.4 is 0 Å². The molecule has 1 unspecified atom stereocenters. The molecule has 0 rings (SSSR count). The van der Waals surface area contributed by atoms with Crippen molar-refractivity contribution in [2.75, 3.05) is 42.3 Å². The van der Waals surface area contributed by atoms with Gasteiger partial charge in [-0.25, -0.2) is 0 Å². The summed E-state index contributed by atoms with van der Waals surface area (Å²) in [5, 5.41) is 0.210. The fourth-order valence-electron chi connectivity index (χ4n) is 4.20. The van der Waals surface area contributed by atoms with Gasteiger partial charge in [-0.2, -0.15) is 0 Å². The molecule has 0 fully saturated rings. The second-order valence-corrected chi connectivity index (χ2v) is 10.5. The summed E-state index contributed by atoms with van der Waals surface area (Å²) in [6.45, 7) is 2.30. The van der Waals surface area contributed by atoms with Crippen LogP contribution in [0.15, 0.2) is 0 Å². The van der Waals surface area contributed by atoms with E-state index in [1.54, 1.807) is 0 Å². The molecular weight excluding hydrogens is 334 g/mol. The average molecular weight is 386 g/mol. The van der Waals surface area contributed by atoms with Crippen molar-refractivity contribution in [1.82, 2.24) is 14.7 Å². The maximum atomic E-state index is 2.45. The monoisotopic (exact) mass is 385 g/mol. The fraction of sp³-hybridized carbons (Fsp3) is 1.00. The van der Waals surface area contributed by atoms with Crippen molar-refractivity contribution >= 4 is 10.2 Å². The van der Waals surface area contributed by atoms with Crippen LogP contribution in [0.3, 0.4) is 0 Å². The van der Waals surface area contributed by atoms with E-state index in [-0.39, 0.29) is 5.29 Å². The lowest BCUT2D eigenvalue weighted by molar-refractivity contribution is 0.00345. The standard InChI is InChI=1S/C22H51N3Si/c1-8-9-10-11-12-13-14-15-16-17-18-19-20-21(23(2)3)22(26,24(4)5)25(6)7/h21H,8-20H2,1-7,26H3. The second-order valence-electron chi connectivity index (χ2n) is 9.04. The molecule has 0 saturated heterocycles. The highest BCUT2D eigenvalue weighted by Gasteiger charge is 2.38. The Morgan fingerprint density at radius 3 is 1.27 bits per heavy atom. The van der Waals surface area contributed by atoms with Gasteiger partial charge in [0.25, 0.3) is 0 Å². The first-order chi connectivity index (χ1) is 12.3. The van der Waals surface area contributed by atoms with Gasteiger partial charge in [-0.1, -0.05) is 84.0 Å². The smallest absolute Gasteiger partial charge is 0.0666 e. The van der Waals surface area contributed by atoms with Crippen molar-refractivity contribution < 1.29 is 0 Å². The SMILES string of the molecule is CCCCCCCCCCCCCCC(N(C)C)C([SiH3])(N(C)C)N(C)C. The maximum absolute atomic E-state index is 2.45. The minimum atomic E-state index is 0.210. The van der Waals surface area contributed by atoms with E-state index in [2.05, 4.69) is 63.9 Å². The summed E-state index contributed by atoms with van der Waals surface area (Å²) in [6, 6.07) is 0.613. The maximum Gasteiger partial charge on any atom is 0.0666 e. The molecule has 0 aliphatic heterocycles. The third kappa shape index (κ3) is 9.87. The molecule has 0 aliphatic rings. The van der Waals surface area contributed by atoms with Gasteiger partial charge in [-0.3, -0.25) is 9.80 Å². The molecule has 0 aromatic heterocycles. The van der Waals surface area contributed by atoms with Gasteiger partial charge >= 0.3 is 0 Å². The summed E-state index contributed by atoms with van der Waals surface area (Å²) in [7, 11) is 14.6. The zero-order valence-electron chi connectivity index (χ0n) is 19.6. The van der Waals surface area contributed by atoms with Gasteiger partial charge in [-0.15, -0.1) is 0 Å². The zero-order valence-corrected chi connectivity index (χ0v) is 21.6. The summed E-state index contributed by atoms with van der Waals surface area (Å²) >= 11 is 0. The Morgan fingerprint density at radius 1 is 0.615 bits per heavy atom. The molecular formula is C22H51N3Si. The molecule has 0 aliphatic carbocycles. The minimum absolute atomic E-state index is 0.210. The van der Waals surface area contributed by atoms with E-state index >= 15 is 0 Å². The molecule has 26 heavy (non-hydrogen) atoms. The Balaban J connectivity index is 3.92. The fourth-order valence-corrected chi connectivity index (χ4v) is 5.00. The number of unbranched alkanes of at least 4 members (excludes halogenated alkanes) is 11. The average Bonchev–Trinajstić information content (AvgIpc) is 2.57. The third-order valence-electron chi connectivity index (χ3n) is 6.40. The van der Waals surface area contributed by atoms with Crippen molar-refractivity contribution in [1.29, 1.82) is 0 Å². The highest BCUT2D eigenvalue weighted by atomic mass is 28.1. The van der Waals surface area contributed by atoms with Crippen LogP contribution in [0.5, 0.6) is 0 Å². The largest absolute Gasteiger partial charge is 0.304 e. The molecule has 0 spiro atoms. The first-order valence-electron chi connectivity index (χ1n) is 11.3. The Kier molecular flexibility index (Phi) is 15.1. The van der Waals surface area contributed by atoms with Crippen LogP contribution in [0.2, 0.25) is 0 Å². The highest BCUT2D eigenvalue weighted by molar-refractivity contribution is 6.15. The van der Waals surface area contributed by atoms with Crippen molar-refractivity contribution in [2.45, 2.75) is 102 Å². The van der Waals surface area contributed by atoms with Gasteiger partial charge < -0.3 is 4.90 Å². The number of hydrogen-bond donors (Lipinski definition) is 0. The molecule has 0 radical (unpaired) electrons. The minimum Gasteiger partial charge on any atom is -0.304 e. The van der Waals surface area contributed by atoms with Crippen molar-refractivity contribution in [3.63, 3.8) is 0 Å². The number of rotatable bonds is 17. The number of likely N-dealkylation sites (N-methyl/N-ethyl adjacent to an activating group) is 3. The Morgan fingerprint density at radius 2 is 0.962 bits per heavy atom. The molecule has 3 nitrogen and oxygen atoms in total. The Hall–Kier alpha value is 0.0969. The van der Waals surface area contributed by atoms with E-state index in [1.807, 2.05) is 0 Å². The normalized spacial score (nSPS) is 14.1. The lowest BCUT2D eigenvalue weighted by Gasteiger charge is -2.50. The molecule has 0 aromatic rings. The highest BCUT2D eigenvalue weighted by Crippen LogP contribution is 2.24. The topological polar surface area (TPSA) is 9.72 Å². The van der Waals surface area contributed by atoms with E-state index in [4.69, 9.17) is 0 Å². The molecule has 1 atom stereocenters. The van der Waals surface area contributed by atoms with Gasteiger partial charge in [0.15, 0.2) is 0 Å². The summed E-state index contributed by atoms with van der Waals surface area (Å²) in [6.07, 6.45) is 18.5. The first-order valence-corrected chi connectivity index (χ1v) is 12.3. The van der Waals surface area contributed by atoms with Crippen LogP contribution in [-0.2, 0) is 0 Å². The van der Waals surface area contributed by atoms with E-state index in [9.17, 15) is 0 Å². The second kappa shape index (κ2) is 15.1. The number of nitrogens with zero attached hydrogens (tertiary/aromatic N) is 3. The predicted octanol–water partition coefficient (Wildman–Crippen LogP) is 4.15. The predicted molar refractivity (Wildman–Crippen MR) is 123 cm³/mol. The van der Waals surface area contributed by atoms with Crippen LogP contribution in [0.4, 0.5) is 0 Å².